The summed E-state index contributed by atoms with van der Waals surface area (Å²) in [7, 11) is 1.99. The predicted molar refractivity (Wildman–Crippen MR) is 63.5 cm³/mol. The Kier molecular flexibility index (Phi) is 3.44. The van der Waals surface area contributed by atoms with Gasteiger partial charge in [0.25, 0.3) is 0 Å². The fraction of sp³-hybridized carbons (Fsp3) is 0.545. The summed E-state index contributed by atoms with van der Waals surface area (Å²) >= 11 is 6.15. The fourth-order valence-corrected chi connectivity index (χ4v) is 2.43. The lowest BCUT2D eigenvalue weighted by atomic mass is 10.2. The summed E-state index contributed by atoms with van der Waals surface area (Å²) in [6, 6.07) is 2.56. The quantitative estimate of drug-likeness (QED) is 0.852. The number of hydrogen-bond donors (Lipinski definition) is 1. The Hall–Kier alpha value is -0.800. The van der Waals surface area contributed by atoms with Crippen LogP contribution in [0.1, 0.15) is 12.8 Å². The Balaban J connectivity index is 2.19. The van der Waals surface area contributed by atoms with E-state index in [1.54, 1.807) is 12.4 Å². The predicted octanol–water partition coefficient (Wildman–Crippen LogP) is 1.92. The Labute approximate surface area is 95.4 Å². The number of aromatic nitrogens is 1. The van der Waals surface area contributed by atoms with Crippen LogP contribution in [0.15, 0.2) is 18.5 Å². The van der Waals surface area contributed by atoms with Crippen molar-refractivity contribution in [3.63, 3.8) is 0 Å². The molecule has 0 aromatic carbocycles. The number of hydrogen-bond acceptors (Lipinski definition) is 3. The van der Waals surface area contributed by atoms with Gasteiger partial charge in [0.1, 0.15) is 0 Å². The zero-order chi connectivity index (χ0) is 10.7. The molecule has 1 saturated heterocycles. The van der Waals surface area contributed by atoms with Crippen molar-refractivity contribution in [3.8, 4) is 0 Å². The first kappa shape index (κ1) is 10.7. The highest BCUT2D eigenvalue weighted by Gasteiger charge is 2.25. The summed E-state index contributed by atoms with van der Waals surface area (Å²) in [5.74, 6) is 0. The molecular formula is C11H16ClN3. The molecule has 4 heteroatoms. The van der Waals surface area contributed by atoms with Gasteiger partial charge in [0, 0.05) is 31.5 Å². The van der Waals surface area contributed by atoms with Crippen molar-refractivity contribution >= 4 is 17.3 Å². The summed E-state index contributed by atoms with van der Waals surface area (Å²) in [5.41, 5.74) is 1.12. The average molecular weight is 226 g/mol. The van der Waals surface area contributed by atoms with E-state index < -0.39 is 0 Å². The molecule has 1 aromatic rings. The van der Waals surface area contributed by atoms with Gasteiger partial charge in [-0.05, 0) is 26.0 Å². The van der Waals surface area contributed by atoms with E-state index in [4.69, 9.17) is 11.6 Å². The monoisotopic (exact) mass is 225 g/mol. The molecule has 0 spiro atoms. The second-order valence-electron chi connectivity index (χ2n) is 3.87. The lowest BCUT2D eigenvalue weighted by Crippen LogP contribution is -2.36. The van der Waals surface area contributed by atoms with Crippen molar-refractivity contribution in [3.05, 3.63) is 23.5 Å². The summed E-state index contributed by atoms with van der Waals surface area (Å²) in [6.45, 7) is 2.11. The minimum absolute atomic E-state index is 0.565. The smallest absolute Gasteiger partial charge is 0.0822 e. The maximum absolute atomic E-state index is 6.15. The third-order valence-electron chi connectivity index (χ3n) is 2.88. The number of likely N-dealkylation sites (N-methyl/N-ethyl adjacent to an activating group) is 1. The van der Waals surface area contributed by atoms with E-state index in [-0.39, 0.29) is 0 Å². The minimum atomic E-state index is 0.565. The Bertz CT molecular complexity index is 329. The molecule has 0 bridgehead atoms. The van der Waals surface area contributed by atoms with Crippen LogP contribution in [-0.2, 0) is 0 Å². The molecule has 3 nitrogen and oxygen atoms in total. The van der Waals surface area contributed by atoms with Crippen molar-refractivity contribution in [1.82, 2.24) is 10.3 Å². The highest BCUT2D eigenvalue weighted by Crippen LogP contribution is 2.30. The normalized spacial score (nSPS) is 20.9. The number of rotatable bonds is 3. The molecule has 0 radical (unpaired) electrons. The molecular weight excluding hydrogens is 210 g/mol. The van der Waals surface area contributed by atoms with Crippen LogP contribution < -0.4 is 10.2 Å². The van der Waals surface area contributed by atoms with Crippen LogP contribution in [0.4, 0.5) is 5.69 Å². The van der Waals surface area contributed by atoms with Crippen molar-refractivity contribution in [1.29, 1.82) is 0 Å². The first-order valence-corrected chi connectivity index (χ1v) is 5.71. The van der Waals surface area contributed by atoms with Gasteiger partial charge >= 0.3 is 0 Å². The topological polar surface area (TPSA) is 28.2 Å². The van der Waals surface area contributed by atoms with Crippen LogP contribution in [0.2, 0.25) is 5.02 Å². The number of halogens is 1. The second-order valence-corrected chi connectivity index (χ2v) is 4.28. The SMILES string of the molecule is CNCC1CCCN1c1ccncc1Cl. The van der Waals surface area contributed by atoms with E-state index in [2.05, 4.69) is 15.2 Å². The molecule has 1 N–H and O–H groups in total. The van der Waals surface area contributed by atoms with E-state index in [0.717, 1.165) is 23.8 Å². The fourth-order valence-electron chi connectivity index (χ4n) is 2.20. The van der Waals surface area contributed by atoms with Crippen LogP contribution in [0.5, 0.6) is 0 Å². The third kappa shape index (κ3) is 2.24. The molecule has 1 aliphatic rings. The lowest BCUT2D eigenvalue weighted by Gasteiger charge is -2.27. The Morgan fingerprint density at radius 1 is 1.67 bits per heavy atom. The average Bonchev–Trinajstić information content (AvgIpc) is 2.67. The van der Waals surface area contributed by atoms with Crippen LogP contribution in [0.25, 0.3) is 0 Å². The molecule has 0 amide bonds. The van der Waals surface area contributed by atoms with E-state index in [0.29, 0.717) is 6.04 Å². The van der Waals surface area contributed by atoms with Crippen molar-refractivity contribution < 1.29 is 0 Å². The van der Waals surface area contributed by atoms with Crippen molar-refractivity contribution in [2.75, 3.05) is 25.0 Å². The maximum Gasteiger partial charge on any atom is 0.0822 e. The van der Waals surface area contributed by atoms with E-state index >= 15 is 0 Å². The van der Waals surface area contributed by atoms with Gasteiger partial charge in [-0.2, -0.15) is 0 Å². The van der Waals surface area contributed by atoms with Crippen molar-refractivity contribution in [2.45, 2.75) is 18.9 Å². The standard InChI is InChI=1S/C11H16ClN3/c1-13-7-9-3-2-6-15(9)11-4-5-14-8-10(11)12/h4-5,8-9,13H,2-3,6-7H2,1H3. The van der Waals surface area contributed by atoms with Gasteiger partial charge in [0.15, 0.2) is 0 Å². The number of nitrogens with one attached hydrogen (secondary N) is 1. The van der Waals surface area contributed by atoms with Gasteiger partial charge in [-0.1, -0.05) is 11.6 Å². The van der Waals surface area contributed by atoms with Crippen molar-refractivity contribution in [2.24, 2.45) is 0 Å². The highest BCUT2D eigenvalue weighted by atomic mass is 35.5. The molecule has 1 atom stereocenters. The molecule has 15 heavy (non-hydrogen) atoms. The first-order chi connectivity index (χ1) is 7.33. The molecule has 2 rings (SSSR count). The number of pyridine rings is 1. The molecule has 82 valence electrons. The summed E-state index contributed by atoms with van der Waals surface area (Å²) in [5, 5.41) is 3.98. The molecule has 1 unspecified atom stereocenters. The van der Waals surface area contributed by atoms with E-state index in [1.807, 2.05) is 13.1 Å². The maximum atomic E-state index is 6.15. The molecule has 0 aliphatic carbocycles. The van der Waals surface area contributed by atoms with Crippen LogP contribution in [-0.4, -0.2) is 31.2 Å². The Morgan fingerprint density at radius 3 is 3.27 bits per heavy atom. The van der Waals surface area contributed by atoms with E-state index in [1.165, 1.54) is 12.8 Å². The summed E-state index contributed by atoms with van der Waals surface area (Å²) in [4.78, 5) is 6.39. The first-order valence-electron chi connectivity index (χ1n) is 5.33. The molecule has 1 fully saturated rings. The number of nitrogens with zero attached hydrogens (tertiary/aromatic N) is 2. The molecule has 1 aromatic heterocycles. The zero-order valence-electron chi connectivity index (χ0n) is 8.91. The molecule has 2 heterocycles. The van der Waals surface area contributed by atoms with Crippen LogP contribution >= 0.6 is 11.6 Å². The molecule has 0 saturated carbocycles. The van der Waals surface area contributed by atoms with E-state index in [9.17, 15) is 0 Å². The largest absolute Gasteiger partial charge is 0.366 e. The van der Waals surface area contributed by atoms with Gasteiger partial charge in [-0.25, -0.2) is 0 Å². The summed E-state index contributed by atoms with van der Waals surface area (Å²) in [6.07, 6.45) is 5.99. The number of anilines is 1. The van der Waals surface area contributed by atoms with Gasteiger partial charge < -0.3 is 10.2 Å². The lowest BCUT2D eigenvalue weighted by molar-refractivity contribution is 0.615. The highest BCUT2D eigenvalue weighted by molar-refractivity contribution is 6.33. The summed E-state index contributed by atoms with van der Waals surface area (Å²) < 4.78 is 0. The van der Waals surface area contributed by atoms with Gasteiger partial charge in [0.05, 0.1) is 10.7 Å². The third-order valence-corrected chi connectivity index (χ3v) is 3.17. The van der Waals surface area contributed by atoms with Gasteiger partial charge in [-0.15, -0.1) is 0 Å². The van der Waals surface area contributed by atoms with Crippen LogP contribution in [0.3, 0.4) is 0 Å². The second kappa shape index (κ2) is 4.81. The molecule has 1 aliphatic heterocycles. The van der Waals surface area contributed by atoms with Gasteiger partial charge in [0.2, 0.25) is 0 Å². The van der Waals surface area contributed by atoms with Gasteiger partial charge in [-0.3, -0.25) is 4.98 Å². The Morgan fingerprint density at radius 2 is 2.53 bits per heavy atom. The zero-order valence-corrected chi connectivity index (χ0v) is 9.67. The minimum Gasteiger partial charge on any atom is -0.366 e. The van der Waals surface area contributed by atoms with Crippen LogP contribution in [0, 0.1) is 0 Å².